The summed E-state index contributed by atoms with van der Waals surface area (Å²) in [6, 6.07) is -0.707. The maximum Gasteiger partial charge on any atom is 0.236 e. The molecule has 0 aliphatic rings. The number of amides is 1. The number of rotatable bonds is 4. The van der Waals surface area contributed by atoms with Crippen molar-refractivity contribution in [2.75, 3.05) is 6.61 Å². The third-order valence-electron chi connectivity index (χ3n) is 1.74. The Labute approximate surface area is 73.1 Å². The van der Waals surface area contributed by atoms with Crippen molar-refractivity contribution in [3.05, 3.63) is 0 Å². The molecule has 4 heteroatoms. The predicted octanol–water partition coefficient (Wildman–Crippen LogP) is -0.533. The van der Waals surface area contributed by atoms with Gasteiger partial charge in [-0.3, -0.25) is 4.79 Å². The van der Waals surface area contributed by atoms with E-state index in [9.17, 15) is 4.79 Å². The zero-order valence-electron chi connectivity index (χ0n) is 7.87. The van der Waals surface area contributed by atoms with Crippen LogP contribution < -0.4 is 11.1 Å². The average molecular weight is 174 g/mol. The summed E-state index contributed by atoms with van der Waals surface area (Å²) in [6.45, 7) is 5.44. The van der Waals surface area contributed by atoms with Crippen LogP contribution >= 0.6 is 0 Å². The van der Waals surface area contributed by atoms with Gasteiger partial charge in [-0.2, -0.15) is 0 Å². The highest BCUT2D eigenvalue weighted by molar-refractivity contribution is 5.81. The molecule has 0 saturated carbocycles. The van der Waals surface area contributed by atoms with Crippen LogP contribution in [0.3, 0.4) is 0 Å². The molecule has 1 amide bonds. The molecule has 0 heterocycles. The minimum absolute atomic E-state index is 0.0455. The van der Waals surface area contributed by atoms with E-state index in [1.54, 1.807) is 6.92 Å². The highest BCUT2D eigenvalue weighted by atomic mass is 16.3. The van der Waals surface area contributed by atoms with Crippen molar-refractivity contribution in [2.24, 2.45) is 11.7 Å². The maximum atomic E-state index is 11.1. The fourth-order valence-electron chi connectivity index (χ4n) is 0.737. The van der Waals surface area contributed by atoms with E-state index >= 15 is 0 Å². The minimum Gasteiger partial charge on any atom is -0.394 e. The highest BCUT2D eigenvalue weighted by Gasteiger charge is 2.16. The molecule has 12 heavy (non-hydrogen) atoms. The summed E-state index contributed by atoms with van der Waals surface area (Å²) >= 11 is 0. The summed E-state index contributed by atoms with van der Waals surface area (Å²) in [5, 5.41) is 11.5. The Morgan fingerprint density at radius 1 is 1.50 bits per heavy atom. The van der Waals surface area contributed by atoms with E-state index in [0.29, 0.717) is 0 Å². The number of carbonyl (C=O) groups excluding carboxylic acids is 1. The second kappa shape index (κ2) is 5.11. The van der Waals surface area contributed by atoms with Gasteiger partial charge in [-0.1, -0.05) is 13.8 Å². The monoisotopic (exact) mass is 174 g/mol. The molecule has 0 aliphatic heterocycles. The molecule has 0 aromatic rings. The standard InChI is InChI=1S/C8H18N2O2/c1-5(2)7(4-11)10-8(12)6(3)9/h5-7,11H,4,9H2,1-3H3,(H,10,12)/t6-,7?/m1/s1. The highest BCUT2D eigenvalue weighted by Crippen LogP contribution is 2.00. The summed E-state index contributed by atoms with van der Waals surface area (Å²) in [5.41, 5.74) is 5.35. The molecule has 4 nitrogen and oxygen atoms in total. The van der Waals surface area contributed by atoms with Crippen LogP contribution in [-0.2, 0) is 4.79 Å². The number of aliphatic hydroxyl groups is 1. The van der Waals surface area contributed by atoms with Crippen LogP contribution in [0.1, 0.15) is 20.8 Å². The third-order valence-corrected chi connectivity index (χ3v) is 1.74. The number of hydrogen-bond donors (Lipinski definition) is 3. The first kappa shape index (κ1) is 11.4. The molecule has 0 radical (unpaired) electrons. The summed E-state index contributed by atoms with van der Waals surface area (Å²) in [4.78, 5) is 11.1. The van der Waals surface area contributed by atoms with E-state index in [1.807, 2.05) is 13.8 Å². The number of nitrogens with one attached hydrogen (secondary N) is 1. The van der Waals surface area contributed by atoms with Crippen molar-refractivity contribution in [3.63, 3.8) is 0 Å². The molecule has 0 aromatic heterocycles. The van der Waals surface area contributed by atoms with Crippen molar-refractivity contribution >= 4 is 5.91 Å². The molecular weight excluding hydrogens is 156 g/mol. The van der Waals surface area contributed by atoms with Gasteiger partial charge in [0.05, 0.1) is 18.7 Å². The van der Waals surface area contributed by atoms with E-state index in [-0.39, 0.29) is 24.5 Å². The summed E-state index contributed by atoms with van der Waals surface area (Å²) < 4.78 is 0. The largest absolute Gasteiger partial charge is 0.394 e. The summed E-state index contributed by atoms with van der Waals surface area (Å²) in [5.74, 6) is 0.000417. The summed E-state index contributed by atoms with van der Waals surface area (Å²) in [6.07, 6.45) is 0. The van der Waals surface area contributed by atoms with Crippen molar-refractivity contribution in [2.45, 2.75) is 32.9 Å². The lowest BCUT2D eigenvalue weighted by atomic mass is 10.1. The van der Waals surface area contributed by atoms with Gasteiger partial charge in [-0.05, 0) is 12.8 Å². The zero-order valence-corrected chi connectivity index (χ0v) is 7.87. The van der Waals surface area contributed by atoms with E-state index < -0.39 is 6.04 Å². The van der Waals surface area contributed by atoms with Gasteiger partial charge in [0.25, 0.3) is 0 Å². The molecule has 0 aromatic carbocycles. The molecule has 1 unspecified atom stereocenters. The van der Waals surface area contributed by atoms with Gasteiger partial charge in [0.1, 0.15) is 0 Å². The fourth-order valence-corrected chi connectivity index (χ4v) is 0.737. The second-order valence-electron chi connectivity index (χ2n) is 3.33. The molecular formula is C8H18N2O2. The van der Waals surface area contributed by atoms with Gasteiger partial charge in [0.2, 0.25) is 5.91 Å². The Balaban J connectivity index is 3.94. The molecule has 4 N–H and O–H groups in total. The smallest absolute Gasteiger partial charge is 0.236 e. The van der Waals surface area contributed by atoms with E-state index in [2.05, 4.69) is 5.32 Å². The second-order valence-corrected chi connectivity index (χ2v) is 3.33. The van der Waals surface area contributed by atoms with Crippen LogP contribution in [0.25, 0.3) is 0 Å². The molecule has 0 bridgehead atoms. The zero-order chi connectivity index (χ0) is 9.72. The quantitative estimate of drug-likeness (QED) is 0.536. The Morgan fingerprint density at radius 2 is 2.00 bits per heavy atom. The van der Waals surface area contributed by atoms with E-state index in [4.69, 9.17) is 10.8 Å². The van der Waals surface area contributed by atoms with Gasteiger partial charge < -0.3 is 16.2 Å². The Bertz CT molecular complexity index is 146. The first-order valence-electron chi connectivity index (χ1n) is 4.15. The van der Waals surface area contributed by atoms with Gasteiger partial charge in [-0.15, -0.1) is 0 Å². The molecule has 0 saturated heterocycles. The molecule has 72 valence electrons. The number of hydrogen-bond acceptors (Lipinski definition) is 3. The summed E-state index contributed by atoms with van der Waals surface area (Å²) in [7, 11) is 0. The van der Waals surface area contributed by atoms with Gasteiger partial charge in [0.15, 0.2) is 0 Å². The van der Waals surface area contributed by atoms with Gasteiger partial charge >= 0.3 is 0 Å². The number of nitrogens with two attached hydrogens (primary N) is 1. The van der Waals surface area contributed by atoms with Crippen molar-refractivity contribution in [3.8, 4) is 0 Å². The van der Waals surface area contributed by atoms with Crippen molar-refractivity contribution in [1.82, 2.24) is 5.32 Å². The lowest BCUT2D eigenvalue weighted by Gasteiger charge is -2.20. The SMILES string of the molecule is CC(C)C(CO)NC(=O)[C@@H](C)N. The van der Waals surface area contributed by atoms with E-state index in [0.717, 1.165) is 0 Å². The average Bonchev–Trinajstić information content (AvgIpc) is 1.98. The number of carbonyl (C=O) groups is 1. The Morgan fingerprint density at radius 3 is 2.25 bits per heavy atom. The lowest BCUT2D eigenvalue weighted by Crippen LogP contribution is -2.47. The van der Waals surface area contributed by atoms with Crippen LogP contribution in [0, 0.1) is 5.92 Å². The molecule has 0 fully saturated rings. The van der Waals surface area contributed by atoms with Crippen molar-refractivity contribution in [1.29, 1.82) is 0 Å². The Hall–Kier alpha value is -0.610. The molecule has 0 rings (SSSR count). The Kier molecular flexibility index (Phi) is 4.85. The maximum absolute atomic E-state index is 11.1. The molecule has 2 atom stereocenters. The van der Waals surface area contributed by atoms with Crippen molar-refractivity contribution < 1.29 is 9.90 Å². The first-order chi connectivity index (χ1) is 5.49. The van der Waals surface area contributed by atoms with Gasteiger partial charge in [0, 0.05) is 0 Å². The first-order valence-corrected chi connectivity index (χ1v) is 4.15. The normalized spacial score (nSPS) is 15.8. The minimum atomic E-state index is -0.516. The number of aliphatic hydroxyl groups excluding tert-OH is 1. The van der Waals surface area contributed by atoms with Gasteiger partial charge in [-0.25, -0.2) is 0 Å². The van der Waals surface area contributed by atoms with Crippen LogP contribution in [0.15, 0.2) is 0 Å². The van der Waals surface area contributed by atoms with Crippen LogP contribution in [0.2, 0.25) is 0 Å². The van der Waals surface area contributed by atoms with E-state index in [1.165, 1.54) is 0 Å². The fraction of sp³-hybridized carbons (Fsp3) is 0.875. The predicted molar refractivity (Wildman–Crippen MR) is 47.5 cm³/mol. The molecule has 0 spiro atoms. The van der Waals surface area contributed by atoms with Crippen LogP contribution in [0.5, 0.6) is 0 Å². The lowest BCUT2D eigenvalue weighted by molar-refractivity contribution is -0.123. The molecule has 0 aliphatic carbocycles. The topological polar surface area (TPSA) is 75.3 Å². The van der Waals surface area contributed by atoms with Crippen LogP contribution in [0.4, 0.5) is 0 Å². The van der Waals surface area contributed by atoms with Crippen LogP contribution in [-0.4, -0.2) is 29.7 Å². The third kappa shape index (κ3) is 3.69.